The molecule has 0 saturated heterocycles. The van der Waals surface area contributed by atoms with E-state index in [1.165, 1.54) is 5.56 Å². The predicted molar refractivity (Wildman–Crippen MR) is 90.0 cm³/mol. The van der Waals surface area contributed by atoms with Gasteiger partial charge in [0.25, 0.3) is 0 Å². The third kappa shape index (κ3) is 6.30. The molecule has 1 aromatic carbocycles. The van der Waals surface area contributed by atoms with E-state index in [-0.39, 0.29) is 11.1 Å². The lowest BCUT2D eigenvalue weighted by Gasteiger charge is -2.37. The highest BCUT2D eigenvalue weighted by atomic mass is 28.4. The quantitative estimate of drug-likeness (QED) is 0.672. The molecule has 0 aliphatic heterocycles. The van der Waals surface area contributed by atoms with Crippen LogP contribution in [0.3, 0.4) is 0 Å². The molecule has 0 bridgehead atoms. The van der Waals surface area contributed by atoms with Crippen molar-refractivity contribution in [3.63, 3.8) is 0 Å². The fourth-order valence-corrected chi connectivity index (χ4v) is 2.62. The first-order chi connectivity index (χ1) is 9.76. The molecule has 4 heteroatoms. The van der Waals surface area contributed by atoms with Crippen molar-refractivity contribution in [3.05, 3.63) is 35.9 Å². The van der Waals surface area contributed by atoms with E-state index in [9.17, 15) is 0 Å². The largest absolute Gasteiger partial charge is 0.414 e. The first-order valence-electron chi connectivity index (χ1n) is 7.54. The molecule has 1 aromatic rings. The highest BCUT2D eigenvalue weighted by Gasteiger charge is 2.37. The molecule has 0 spiro atoms. The summed E-state index contributed by atoms with van der Waals surface area (Å²) in [6.07, 6.45) is -0.0113. The van der Waals surface area contributed by atoms with Crippen LogP contribution in [0.4, 0.5) is 0 Å². The van der Waals surface area contributed by atoms with Gasteiger partial charge < -0.3 is 13.9 Å². The van der Waals surface area contributed by atoms with Crippen molar-refractivity contribution < 1.29 is 13.9 Å². The third-order valence-electron chi connectivity index (χ3n) is 4.18. The topological polar surface area (TPSA) is 27.7 Å². The maximum Gasteiger partial charge on any atom is 0.192 e. The van der Waals surface area contributed by atoms with Crippen molar-refractivity contribution in [2.24, 2.45) is 0 Å². The van der Waals surface area contributed by atoms with Gasteiger partial charge in [-0.25, -0.2) is 0 Å². The summed E-state index contributed by atoms with van der Waals surface area (Å²) in [5.74, 6) is 0. The minimum absolute atomic E-state index is 0.0113. The first kappa shape index (κ1) is 18.4. The van der Waals surface area contributed by atoms with Gasteiger partial charge in [0.2, 0.25) is 0 Å². The molecule has 3 nitrogen and oxygen atoms in total. The second-order valence-corrected chi connectivity index (χ2v) is 11.7. The van der Waals surface area contributed by atoms with Crippen LogP contribution in [0.2, 0.25) is 18.1 Å². The summed E-state index contributed by atoms with van der Waals surface area (Å²) in [7, 11) is -0.00881. The molecule has 1 unspecified atom stereocenters. The van der Waals surface area contributed by atoms with Gasteiger partial charge in [-0.2, -0.15) is 0 Å². The molecule has 0 radical (unpaired) electrons. The van der Waals surface area contributed by atoms with Crippen LogP contribution in [-0.2, 0) is 20.5 Å². The smallest absolute Gasteiger partial charge is 0.192 e. The van der Waals surface area contributed by atoms with Crippen LogP contribution < -0.4 is 0 Å². The van der Waals surface area contributed by atoms with Gasteiger partial charge in [-0.1, -0.05) is 51.1 Å². The Morgan fingerprint density at radius 2 is 1.67 bits per heavy atom. The Morgan fingerprint density at radius 1 is 1.05 bits per heavy atom. The molecule has 0 N–H and O–H groups in total. The number of rotatable bonds is 8. The number of hydrogen-bond donors (Lipinski definition) is 0. The Balaban J connectivity index is 2.35. The van der Waals surface area contributed by atoms with Gasteiger partial charge in [0, 0.05) is 7.11 Å². The Hall–Kier alpha value is -0.683. The van der Waals surface area contributed by atoms with Crippen molar-refractivity contribution in [2.75, 3.05) is 20.3 Å². The van der Waals surface area contributed by atoms with E-state index in [1.807, 2.05) is 18.2 Å². The molecular weight excluding hydrogens is 280 g/mol. The molecule has 0 aliphatic carbocycles. The zero-order valence-corrected chi connectivity index (χ0v) is 15.3. The standard InChI is InChI=1S/C17H30O3Si/c1-17(2,3)21(5,6)20-14-16(18-4)13-19-12-15-10-8-7-9-11-15/h7-11,16H,12-14H2,1-6H3. The summed E-state index contributed by atoms with van der Waals surface area (Å²) in [6.45, 7) is 13.0. The van der Waals surface area contributed by atoms with Gasteiger partial charge in [-0.3, -0.25) is 0 Å². The molecule has 120 valence electrons. The van der Waals surface area contributed by atoms with E-state index in [4.69, 9.17) is 13.9 Å². The van der Waals surface area contributed by atoms with Crippen molar-refractivity contribution in [1.29, 1.82) is 0 Å². The summed E-state index contributed by atoms with van der Waals surface area (Å²) in [6, 6.07) is 10.2. The molecule has 1 atom stereocenters. The Morgan fingerprint density at radius 3 is 2.19 bits per heavy atom. The van der Waals surface area contributed by atoms with E-state index >= 15 is 0 Å². The zero-order valence-electron chi connectivity index (χ0n) is 14.3. The van der Waals surface area contributed by atoms with Crippen LogP contribution in [0.15, 0.2) is 30.3 Å². The molecule has 0 heterocycles. The number of hydrogen-bond acceptors (Lipinski definition) is 3. The normalized spacial score (nSPS) is 14.2. The van der Waals surface area contributed by atoms with Crippen LogP contribution in [-0.4, -0.2) is 34.7 Å². The number of ether oxygens (including phenoxy) is 2. The van der Waals surface area contributed by atoms with Gasteiger partial charge in [0.15, 0.2) is 8.32 Å². The minimum atomic E-state index is -1.72. The molecule has 0 aliphatic rings. The minimum Gasteiger partial charge on any atom is -0.414 e. The van der Waals surface area contributed by atoms with Crippen LogP contribution >= 0.6 is 0 Å². The van der Waals surface area contributed by atoms with Gasteiger partial charge in [-0.05, 0) is 23.7 Å². The maximum atomic E-state index is 6.18. The van der Waals surface area contributed by atoms with Crippen LogP contribution in [0.1, 0.15) is 26.3 Å². The van der Waals surface area contributed by atoms with Gasteiger partial charge in [0.1, 0.15) is 6.10 Å². The van der Waals surface area contributed by atoms with Crippen LogP contribution in [0, 0.1) is 0 Å². The SMILES string of the molecule is COC(COCc1ccccc1)CO[Si](C)(C)C(C)(C)C. The van der Waals surface area contributed by atoms with E-state index in [2.05, 4.69) is 46.0 Å². The zero-order chi connectivity index (χ0) is 15.9. The van der Waals surface area contributed by atoms with Crippen molar-refractivity contribution in [1.82, 2.24) is 0 Å². The van der Waals surface area contributed by atoms with E-state index in [0.29, 0.717) is 19.8 Å². The molecular formula is C17H30O3Si. The Bertz CT molecular complexity index is 398. The third-order valence-corrected chi connectivity index (χ3v) is 8.69. The molecule has 0 fully saturated rings. The summed E-state index contributed by atoms with van der Waals surface area (Å²) < 4.78 is 17.4. The van der Waals surface area contributed by atoms with E-state index < -0.39 is 8.32 Å². The summed E-state index contributed by atoms with van der Waals surface area (Å²) in [5.41, 5.74) is 1.18. The van der Waals surface area contributed by atoms with E-state index in [0.717, 1.165) is 0 Å². The lowest BCUT2D eigenvalue weighted by Crippen LogP contribution is -2.43. The number of methoxy groups -OCH3 is 1. The van der Waals surface area contributed by atoms with Crippen LogP contribution in [0.25, 0.3) is 0 Å². The molecule has 0 saturated carbocycles. The number of benzene rings is 1. The monoisotopic (exact) mass is 310 g/mol. The highest BCUT2D eigenvalue weighted by molar-refractivity contribution is 6.74. The Kier molecular flexibility index (Phi) is 7.07. The first-order valence-corrected chi connectivity index (χ1v) is 10.5. The van der Waals surface area contributed by atoms with Crippen molar-refractivity contribution in [3.8, 4) is 0 Å². The molecule has 21 heavy (non-hydrogen) atoms. The van der Waals surface area contributed by atoms with Gasteiger partial charge in [0.05, 0.1) is 19.8 Å². The lowest BCUT2D eigenvalue weighted by molar-refractivity contribution is -0.0221. The second kappa shape index (κ2) is 8.08. The summed E-state index contributed by atoms with van der Waals surface area (Å²) in [4.78, 5) is 0. The summed E-state index contributed by atoms with van der Waals surface area (Å²) in [5, 5.41) is 0.218. The second-order valence-electron chi connectivity index (χ2n) is 6.93. The maximum absolute atomic E-state index is 6.18. The van der Waals surface area contributed by atoms with Gasteiger partial charge >= 0.3 is 0 Å². The molecule has 1 rings (SSSR count). The highest BCUT2D eigenvalue weighted by Crippen LogP contribution is 2.36. The fourth-order valence-electron chi connectivity index (χ4n) is 1.58. The predicted octanol–water partition coefficient (Wildman–Crippen LogP) is 4.24. The molecule has 0 amide bonds. The van der Waals surface area contributed by atoms with E-state index in [1.54, 1.807) is 7.11 Å². The van der Waals surface area contributed by atoms with Crippen LogP contribution in [0.5, 0.6) is 0 Å². The lowest BCUT2D eigenvalue weighted by atomic mass is 10.2. The van der Waals surface area contributed by atoms with Crippen molar-refractivity contribution in [2.45, 2.75) is 51.6 Å². The average Bonchev–Trinajstić information content (AvgIpc) is 2.42. The molecule has 0 aromatic heterocycles. The van der Waals surface area contributed by atoms with Crippen molar-refractivity contribution >= 4 is 8.32 Å². The summed E-state index contributed by atoms with van der Waals surface area (Å²) >= 11 is 0. The Labute approximate surface area is 130 Å². The average molecular weight is 311 g/mol. The fraction of sp³-hybridized carbons (Fsp3) is 0.647. The van der Waals surface area contributed by atoms with Gasteiger partial charge in [-0.15, -0.1) is 0 Å².